The Hall–Kier alpha value is -2.17. The van der Waals surface area contributed by atoms with E-state index in [2.05, 4.69) is 0 Å². The van der Waals surface area contributed by atoms with Crippen LogP contribution in [0.4, 0.5) is 0 Å². The number of aryl methyl sites for hydroxylation is 1. The molecule has 22 heavy (non-hydrogen) atoms. The molecule has 4 nitrogen and oxygen atoms in total. The van der Waals surface area contributed by atoms with E-state index >= 15 is 0 Å². The van der Waals surface area contributed by atoms with E-state index in [9.17, 15) is 4.79 Å². The van der Waals surface area contributed by atoms with Crippen LogP contribution in [0, 0.1) is 6.92 Å². The lowest BCUT2D eigenvalue weighted by atomic mass is 9.94. The first-order valence-electron chi connectivity index (χ1n) is 7.27. The van der Waals surface area contributed by atoms with Crippen molar-refractivity contribution in [3.8, 4) is 11.1 Å². The maximum Gasteiger partial charge on any atom is 0.249 e. The summed E-state index contributed by atoms with van der Waals surface area (Å²) in [5.41, 5.74) is 9.93. The van der Waals surface area contributed by atoms with Gasteiger partial charge in [-0.2, -0.15) is 0 Å². The van der Waals surface area contributed by atoms with Crippen molar-refractivity contribution in [1.82, 2.24) is 0 Å². The van der Waals surface area contributed by atoms with Gasteiger partial charge in [0.1, 0.15) is 6.79 Å². The molecule has 0 unspecified atom stereocenters. The standard InChI is InChI=1S/C18H21NO3/c1-3-21-12-22-11-14-8-9-16(18(19)20)17(10-14)15-7-5-4-6-13(15)2/h4-10H,3,11-12H2,1-2H3,(H2,19,20). The van der Waals surface area contributed by atoms with Crippen molar-refractivity contribution >= 4 is 5.91 Å². The van der Waals surface area contributed by atoms with Crippen molar-refractivity contribution < 1.29 is 14.3 Å². The normalized spacial score (nSPS) is 10.6. The molecule has 0 aliphatic heterocycles. The highest BCUT2D eigenvalue weighted by molar-refractivity contribution is 6.00. The second kappa shape index (κ2) is 7.73. The Morgan fingerprint density at radius 2 is 1.86 bits per heavy atom. The Bertz CT molecular complexity index is 653. The SMILES string of the molecule is CCOCOCc1ccc(C(N)=O)c(-c2ccccc2C)c1. The molecule has 1 amide bonds. The molecule has 0 saturated heterocycles. The van der Waals surface area contributed by atoms with Gasteiger partial charge in [-0.25, -0.2) is 0 Å². The number of amides is 1. The summed E-state index contributed by atoms with van der Waals surface area (Å²) in [6, 6.07) is 13.5. The highest BCUT2D eigenvalue weighted by Crippen LogP contribution is 2.28. The average molecular weight is 299 g/mol. The minimum absolute atomic E-state index is 0.258. The number of carbonyl (C=O) groups excluding carboxylic acids is 1. The highest BCUT2D eigenvalue weighted by atomic mass is 16.7. The van der Waals surface area contributed by atoms with Gasteiger partial charge >= 0.3 is 0 Å². The van der Waals surface area contributed by atoms with E-state index in [1.54, 1.807) is 6.07 Å². The zero-order chi connectivity index (χ0) is 15.9. The molecule has 0 aromatic heterocycles. The molecule has 2 aromatic carbocycles. The van der Waals surface area contributed by atoms with Crippen LogP contribution in [-0.2, 0) is 16.1 Å². The zero-order valence-corrected chi connectivity index (χ0v) is 13.0. The van der Waals surface area contributed by atoms with Gasteiger partial charge < -0.3 is 15.2 Å². The van der Waals surface area contributed by atoms with Crippen molar-refractivity contribution in [3.63, 3.8) is 0 Å². The lowest BCUT2D eigenvalue weighted by Crippen LogP contribution is -2.13. The second-order valence-electron chi connectivity index (χ2n) is 5.02. The predicted octanol–water partition coefficient (Wildman–Crippen LogP) is 3.27. The Morgan fingerprint density at radius 3 is 2.55 bits per heavy atom. The molecule has 2 rings (SSSR count). The van der Waals surface area contributed by atoms with Gasteiger partial charge in [-0.15, -0.1) is 0 Å². The first-order chi connectivity index (χ1) is 10.6. The van der Waals surface area contributed by atoms with Crippen LogP contribution in [0.25, 0.3) is 11.1 Å². The van der Waals surface area contributed by atoms with E-state index in [1.165, 1.54) is 0 Å². The van der Waals surface area contributed by atoms with Gasteiger partial charge in [-0.1, -0.05) is 30.3 Å². The summed E-state index contributed by atoms with van der Waals surface area (Å²) in [6.07, 6.45) is 0. The van der Waals surface area contributed by atoms with Crippen LogP contribution in [-0.4, -0.2) is 19.3 Å². The molecule has 2 N–H and O–H groups in total. The fourth-order valence-electron chi connectivity index (χ4n) is 2.30. The second-order valence-corrected chi connectivity index (χ2v) is 5.02. The van der Waals surface area contributed by atoms with Gasteiger partial charge in [0.25, 0.3) is 0 Å². The number of nitrogens with two attached hydrogens (primary N) is 1. The largest absolute Gasteiger partial charge is 0.366 e. The topological polar surface area (TPSA) is 61.6 Å². The maximum absolute atomic E-state index is 11.7. The van der Waals surface area contributed by atoms with E-state index in [0.717, 1.165) is 22.3 Å². The summed E-state index contributed by atoms with van der Waals surface area (Å²) in [4.78, 5) is 11.7. The van der Waals surface area contributed by atoms with E-state index in [4.69, 9.17) is 15.2 Å². The Kier molecular flexibility index (Phi) is 5.69. The average Bonchev–Trinajstić information content (AvgIpc) is 2.52. The van der Waals surface area contributed by atoms with E-state index in [0.29, 0.717) is 18.8 Å². The summed E-state index contributed by atoms with van der Waals surface area (Å²) in [7, 11) is 0. The summed E-state index contributed by atoms with van der Waals surface area (Å²) in [6.45, 7) is 5.24. The summed E-state index contributed by atoms with van der Waals surface area (Å²) >= 11 is 0. The lowest BCUT2D eigenvalue weighted by Gasteiger charge is -2.12. The number of hydrogen-bond acceptors (Lipinski definition) is 3. The summed E-state index contributed by atoms with van der Waals surface area (Å²) < 4.78 is 10.6. The molecule has 0 aliphatic carbocycles. The van der Waals surface area contributed by atoms with Gasteiger partial charge in [0.2, 0.25) is 5.91 Å². The number of carbonyl (C=O) groups is 1. The van der Waals surface area contributed by atoms with Crippen LogP contribution in [0.2, 0.25) is 0 Å². The molecular formula is C18H21NO3. The summed E-state index contributed by atoms with van der Waals surface area (Å²) in [5.74, 6) is -0.431. The number of rotatable bonds is 7. The van der Waals surface area contributed by atoms with Crippen LogP contribution in [0.1, 0.15) is 28.4 Å². The molecule has 0 heterocycles. The van der Waals surface area contributed by atoms with Crippen LogP contribution < -0.4 is 5.73 Å². The van der Waals surface area contributed by atoms with Gasteiger partial charge in [0, 0.05) is 12.2 Å². The predicted molar refractivity (Wildman–Crippen MR) is 86.4 cm³/mol. The fraction of sp³-hybridized carbons (Fsp3) is 0.278. The molecular weight excluding hydrogens is 278 g/mol. The maximum atomic E-state index is 11.7. The third-order valence-electron chi connectivity index (χ3n) is 3.42. The summed E-state index contributed by atoms with van der Waals surface area (Å²) in [5, 5.41) is 0. The zero-order valence-electron chi connectivity index (χ0n) is 13.0. The Labute approximate surface area is 130 Å². The molecule has 116 valence electrons. The van der Waals surface area contributed by atoms with Crippen LogP contribution >= 0.6 is 0 Å². The quantitative estimate of drug-likeness (QED) is 0.630. The molecule has 0 fully saturated rings. The first kappa shape index (κ1) is 16.2. The number of primary amides is 1. The van der Waals surface area contributed by atoms with Crippen molar-refractivity contribution in [2.75, 3.05) is 13.4 Å². The molecule has 2 aromatic rings. The minimum atomic E-state index is -0.431. The molecule has 4 heteroatoms. The van der Waals surface area contributed by atoms with Gasteiger partial charge in [-0.3, -0.25) is 4.79 Å². The third kappa shape index (κ3) is 3.93. The third-order valence-corrected chi connectivity index (χ3v) is 3.42. The van der Waals surface area contributed by atoms with E-state index in [1.807, 2.05) is 50.2 Å². The van der Waals surface area contributed by atoms with Crippen molar-refractivity contribution in [1.29, 1.82) is 0 Å². The Balaban J connectivity index is 2.33. The van der Waals surface area contributed by atoms with Crippen molar-refractivity contribution in [2.45, 2.75) is 20.5 Å². The highest BCUT2D eigenvalue weighted by Gasteiger charge is 2.12. The molecule has 0 aliphatic rings. The molecule has 0 saturated carbocycles. The Morgan fingerprint density at radius 1 is 1.09 bits per heavy atom. The lowest BCUT2D eigenvalue weighted by molar-refractivity contribution is -0.0571. The first-order valence-corrected chi connectivity index (χ1v) is 7.27. The van der Waals surface area contributed by atoms with Gasteiger partial charge in [0.05, 0.1) is 6.61 Å². The number of ether oxygens (including phenoxy) is 2. The van der Waals surface area contributed by atoms with Crippen LogP contribution in [0.5, 0.6) is 0 Å². The molecule has 0 atom stereocenters. The molecule has 0 bridgehead atoms. The van der Waals surface area contributed by atoms with Gasteiger partial charge in [0.15, 0.2) is 0 Å². The van der Waals surface area contributed by atoms with E-state index < -0.39 is 5.91 Å². The molecule has 0 radical (unpaired) electrons. The van der Waals surface area contributed by atoms with Gasteiger partial charge in [-0.05, 0) is 48.2 Å². The van der Waals surface area contributed by atoms with Crippen LogP contribution in [0.15, 0.2) is 42.5 Å². The van der Waals surface area contributed by atoms with E-state index in [-0.39, 0.29) is 6.79 Å². The fourth-order valence-corrected chi connectivity index (χ4v) is 2.30. The number of hydrogen-bond donors (Lipinski definition) is 1. The minimum Gasteiger partial charge on any atom is -0.366 e. The van der Waals surface area contributed by atoms with Crippen molar-refractivity contribution in [3.05, 3.63) is 59.2 Å². The smallest absolute Gasteiger partial charge is 0.249 e. The number of benzene rings is 2. The molecule has 0 spiro atoms. The monoisotopic (exact) mass is 299 g/mol. The van der Waals surface area contributed by atoms with Crippen molar-refractivity contribution in [2.24, 2.45) is 5.73 Å². The van der Waals surface area contributed by atoms with Crippen LogP contribution in [0.3, 0.4) is 0 Å².